The molecule has 0 radical (unpaired) electrons. The van der Waals surface area contributed by atoms with Crippen LogP contribution in [0, 0.1) is 11.3 Å². The molecule has 1 amide bonds. The van der Waals surface area contributed by atoms with E-state index in [1.165, 1.54) is 24.0 Å². The van der Waals surface area contributed by atoms with Gasteiger partial charge < -0.3 is 10.2 Å². The van der Waals surface area contributed by atoms with Crippen molar-refractivity contribution in [3.05, 3.63) is 35.4 Å². The molecule has 1 aromatic rings. The fraction of sp³-hybridized carbons (Fsp3) is 0.611. The molecule has 3 nitrogen and oxygen atoms in total. The van der Waals surface area contributed by atoms with Gasteiger partial charge in [-0.2, -0.15) is 0 Å². The molecule has 1 heterocycles. The zero-order valence-corrected chi connectivity index (χ0v) is 14.0. The minimum atomic E-state index is 0. The number of carbonyl (C=O) groups is 1. The Morgan fingerprint density at radius 2 is 1.77 bits per heavy atom. The van der Waals surface area contributed by atoms with Crippen molar-refractivity contribution in [2.45, 2.75) is 38.1 Å². The second-order valence-corrected chi connectivity index (χ2v) is 7.15. The normalized spacial score (nSPS) is 25.4. The third kappa shape index (κ3) is 2.55. The number of amides is 1. The van der Waals surface area contributed by atoms with Crippen LogP contribution in [0.1, 0.15) is 30.4 Å². The number of likely N-dealkylation sites (N-methyl/N-ethyl adjacent to an activating group) is 1. The first kappa shape index (κ1) is 15.8. The maximum atomic E-state index is 12.8. The quantitative estimate of drug-likeness (QED) is 0.907. The van der Waals surface area contributed by atoms with Crippen LogP contribution in [0.2, 0.25) is 0 Å². The van der Waals surface area contributed by atoms with E-state index in [0.29, 0.717) is 23.3 Å². The second-order valence-electron chi connectivity index (χ2n) is 7.15. The van der Waals surface area contributed by atoms with Crippen LogP contribution in [-0.2, 0) is 17.6 Å². The second kappa shape index (κ2) is 5.86. The standard InChI is InChI=1S/C18H24N2O.ClH/c1-20(15-10-13-4-2-3-5-14(13)11-15)17(21)16-12-18(16)6-8-19-9-7-18;/h2-5,15-16,19H,6-12H2,1H3;1H. The number of halogens is 1. The summed E-state index contributed by atoms with van der Waals surface area (Å²) in [7, 11) is 2.02. The fourth-order valence-electron chi connectivity index (χ4n) is 4.41. The Morgan fingerprint density at radius 1 is 1.18 bits per heavy atom. The van der Waals surface area contributed by atoms with Crippen LogP contribution < -0.4 is 5.32 Å². The molecule has 2 aliphatic carbocycles. The molecule has 1 aliphatic heterocycles. The average Bonchev–Trinajstić information content (AvgIpc) is 3.02. The first-order valence-electron chi connectivity index (χ1n) is 8.24. The SMILES string of the molecule is CN(C(=O)C1CC12CCNCC2)C1Cc2ccccc2C1.Cl. The number of carbonyl (C=O) groups excluding carboxylic acids is 1. The number of nitrogens with one attached hydrogen (secondary N) is 1. The van der Waals surface area contributed by atoms with Gasteiger partial charge in [0, 0.05) is 19.0 Å². The first-order valence-corrected chi connectivity index (χ1v) is 8.24. The van der Waals surface area contributed by atoms with Crippen molar-refractivity contribution in [3.8, 4) is 0 Å². The molecule has 1 saturated heterocycles. The highest BCUT2D eigenvalue weighted by Gasteiger charge is 2.58. The van der Waals surface area contributed by atoms with Crippen molar-refractivity contribution in [2.24, 2.45) is 11.3 Å². The predicted molar refractivity (Wildman–Crippen MR) is 90.3 cm³/mol. The minimum Gasteiger partial charge on any atom is -0.342 e. The van der Waals surface area contributed by atoms with E-state index in [0.717, 1.165) is 32.4 Å². The third-order valence-electron chi connectivity index (χ3n) is 6.01. The Hall–Kier alpha value is -1.06. The zero-order chi connectivity index (χ0) is 14.4. The summed E-state index contributed by atoms with van der Waals surface area (Å²) in [5.74, 6) is 0.697. The van der Waals surface area contributed by atoms with Crippen molar-refractivity contribution < 1.29 is 4.79 Å². The van der Waals surface area contributed by atoms with E-state index in [2.05, 4.69) is 34.5 Å². The molecule has 22 heavy (non-hydrogen) atoms. The van der Waals surface area contributed by atoms with E-state index in [-0.39, 0.29) is 12.4 Å². The summed E-state index contributed by atoms with van der Waals surface area (Å²) in [6.45, 7) is 2.17. The Balaban J connectivity index is 0.00000144. The van der Waals surface area contributed by atoms with Gasteiger partial charge in [-0.1, -0.05) is 24.3 Å². The van der Waals surface area contributed by atoms with Crippen molar-refractivity contribution >= 4 is 18.3 Å². The van der Waals surface area contributed by atoms with E-state index < -0.39 is 0 Å². The van der Waals surface area contributed by atoms with Crippen LogP contribution in [0.4, 0.5) is 0 Å². The molecule has 4 heteroatoms. The highest BCUT2D eigenvalue weighted by atomic mass is 35.5. The maximum absolute atomic E-state index is 12.8. The Morgan fingerprint density at radius 3 is 2.36 bits per heavy atom. The van der Waals surface area contributed by atoms with Crippen LogP contribution in [-0.4, -0.2) is 37.0 Å². The molecular formula is C18H25ClN2O. The fourth-order valence-corrected chi connectivity index (χ4v) is 4.41. The molecule has 3 aliphatic rings. The van der Waals surface area contributed by atoms with Gasteiger partial charge in [0.05, 0.1) is 0 Å². The summed E-state index contributed by atoms with van der Waals surface area (Å²) in [6.07, 6.45) is 5.54. The molecule has 0 aromatic heterocycles. The molecule has 1 unspecified atom stereocenters. The Kier molecular flexibility index (Phi) is 4.21. The van der Waals surface area contributed by atoms with Crippen LogP contribution in [0.15, 0.2) is 24.3 Å². The van der Waals surface area contributed by atoms with E-state index in [9.17, 15) is 4.79 Å². The summed E-state index contributed by atoms with van der Waals surface area (Å²) in [5.41, 5.74) is 3.20. The summed E-state index contributed by atoms with van der Waals surface area (Å²) >= 11 is 0. The lowest BCUT2D eigenvalue weighted by atomic mass is 9.91. The number of fused-ring (bicyclic) bond motifs is 1. The van der Waals surface area contributed by atoms with Crippen LogP contribution in [0.25, 0.3) is 0 Å². The molecule has 0 bridgehead atoms. The maximum Gasteiger partial charge on any atom is 0.226 e. The number of piperidine rings is 1. The molecule has 2 fully saturated rings. The van der Waals surface area contributed by atoms with E-state index >= 15 is 0 Å². The van der Waals surface area contributed by atoms with Crippen molar-refractivity contribution in [1.29, 1.82) is 0 Å². The monoisotopic (exact) mass is 320 g/mol. The van der Waals surface area contributed by atoms with Crippen molar-refractivity contribution in [3.63, 3.8) is 0 Å². The van der Waals surface area contributed by atoms with Gasteiger partial charge in [-0.3, -0.25) is 4.79 Å². The molecule has 1 aromatic carbocycles. The van der Waals surface area contributed by atoms with E-state index in [1.807, 2.05) is 7.05 Å². The lowest BCUT2D eigenvalue weighted by Gasteiger charge is -2.28. The summed E-state index contributed by atoms with van der Waals surface area (Å²) in [6, 6.07) is 8.99. The molecule has 1 spiro atoms. The smallest absolute Gasteiger partial charge is 0.226 e. The molecule has 1 N–H and O–H groups in total. The van der Waals surface area contributed by atoms with Gasteiger partial charge in [-0.15, -0.1) is 12.4 Å². The topological polar surface area (TPSA) is 32.3 Å². The Bertz CT molecular complexity index is 543. The number of hydrogen-bond donors (Lipinski definition) is 1. The number of hydrogen-bond acceptors (Lipinski definition) is 2. The van der Waals surface area contributed by atoms with Crippen molar-refractivity contribution in [1.82, 2.24) is 10.2 Å². The zero-order valence-electron chi connectivity index (χ0n) is 13.2. The van der Waals surface area contributed by atoms with Gasteiger partial charge in [0.2, 0.25) is 5.91 Å². The van der Waals surface area contributed by atoms with Crippen LogP contribution in [0.3, 0.4) is 0 Å². The molecule has 120 valence electrons. The van der Waals surface area contributed by atoms with E-state index in [1.54, 1.807) is 0 Å². The number of benzene rings is 1. The number of rotatable bonds is 2. The molecule has 4 rings (SSSR count). The lowest BCUT2D eigenvalue weighted by molar-refractivity contribution is -0.134. The number of nitrogens with zero attached hydrogens (tertiary/aromatic N) is 1. The van der Waals surface area contributed by atoms with Crippen LogP contribution >= 0.6 is 12.4 Å². The van der Waals surface area contributed by atoms with Crippen LogP contribution in [0.5, 0.6) is 0 Å². The van der Waals surface area contributed by atoms with Crippen molar-refractivity contribution in [2.75, 3.05) is 20.1 Å². The average molecular weight is 321 g/mol. The summed E-state index contributed by atoms with van der Waals surface area (Å²) in [4.78, 5) is 14.9. The molecule has 1 saturated carbocycles. The third-order valence-corrected chi connectivity index (χ3v) is 6.01. The summed E-state index contributed by atoms with van der Waals surface area (Å²) in [5, 5.41) is 3.41. The largest absolute Gasteiger partial charge is 0.342 e. The van der Waals surface area contributed by atoms with Gasteiger partial charge in [0.1, 0.15) is 0 Å². The highest BCUT2D eigenvalue weighted by Crippen LogP contribution is 2.59. The Labute approximate surface area is 138 Å². The van der Waals surface area contributed by atoms with E-state index in [4.69, 9.17) is 0 Å². The minimum absolute atomic E-state index is 0. The first-order chi connectivity index (χ1) is 10.2. The lowest BCUT2D eigenvalue weighted by Crippen LogP contribution is -2.40. The van der Waals surface area contributed by atoms with Gasteiger partial charge in [-0.25, -0.2) is 0 Å². The van der Waals surface area contributed by atoms with Gasteiger partial charge >= 0.3 is 0 Å². The van der Waals surface area contributed by atoms with Gasteiger partial charge in [0.15, 0.2) is 0 Å². The van der Waals surface area contributed by atoms with Gasteiger partial charge in [0.25, 0.3) is 0 Å². The predicted octanol–water partition coefficient (Wildman–Crippen LogP) is 2.42. The van der Waals surface area contributed by atoms with Gasteiger partial charge in [-0.05, 0) is 61.7 Å². The highest BCUT2D eigenvalue weighted by molar-refractivity contribution is 5.85. The molecule has 1 atom stereocenters. The molecular weight excluding hydrogens is 296 g/mol. The summed E-state index contributed by atoms with van der Waals surface area (Å²) < 4.78 is 0.